The molecule has 0 saturated heterocycles. The van der Waals surface area contributed by atoms with Crippen molar-refractivity contribution in [1.29, 1.82) is 0 Å². The summed E-state index contributed by atoms with van der Waals surface area (Å²) >= 11 is 0. The molecule has 0 aliphatic rings. The Morgan fingerprint density at radius 3 is 2.52 bits per heavy atom. The van der Waals surface area contributed by atoms with E-state index in [1.165, 1.54) is 0 Å². The molecule has 0 radical (unpaired) electrons. The summed E-state index contributed by atoms with van der Waals surface area (Å²) in [6.45, 7) is 4.70. The van der Waals surface area contributed by atoms with Gasteiger partial charge in [-0.25, -0.2) is 4.79 Å². The molecular formula is C20H27ClN2O4. The second kappa shape index (κ2) is 11.2. The van der Waals surface area contributed by atoms with E-state index in [0.29, 0.717) is 24.7 Å². The Hall–Kier alpha value is -2.60. The summed E-state index contributed by atoms with van der Waals surface area (Å²) in [7, 11) is 3.20. The van der Waals surface area contributed by atoms with Crippen LogP contribution in [0.1, 0.15) is 24.1 Å². The molecule has 0 aromatic heterocycles. The van der Waals surface area contributed by atoms with Crippen LogP contribution >= 0.6 is 12.4 Å². The van der Waals surface area contributed by atoms with E-state index in [1.54, 1.807) is 14.2 Å². The van der Waals surface area contributed by atoms with Gasteiger partial charge < -0.3 is 24.8 Å². The van der Waals surface area contributed by atoms with E-state index in [9.17, 15) is 4.79 Å². The van der Waals surface area contributed by atoms with Crippen LogP contribution in [0.3, 0.4) is 0 Å². The van der Waals surface area contributed by atoms with Gasteiger partial charge in [0.15, 0.2) is 0 Å². The summed E-state index contributed by atoms with van der Waals surface area (Å²) in [6, 6.07) is 12.8. The number of amides is 2. The van der Waals surface area contributed by atoms with Crippen molar-refractivity contribution < 1.29 is 19.0 Å². The number of ether oxygens (including phenoxy) is 3. The third kappa shape index (κ3) is 6.90. The summed E-state index contributed by atoms with van der Waals surface area (Å²) in [4.78, 5) is 12.1. The van der Waals surface area contributed by atoms with Gasteiger partial charge in [-0.15, -0.1) is 12.4 Å². The van der Waals surface area contributed by atoms with E-state index in [0.717, 1.165) is 16.9 Å². The molecule has 0 fully saturated rings. The minimum Gasteiger partial charge on any atom is -0.497 e. The quantitative estimate of drug-likeness (QED) is 0.667. The highest BCUT2D eigenvalue weighted by atomic mass is 35.5. The van der Waals surface area contributed by atoms with Gasteiger partial charge in [0.25, 0.3) is 0 Å². The maximum absolute atomic E-state index is 12.1. The van der Waals surface area contributed by atoms with E-state index in [2.05, 4.69) is 10.6 Å². The number of hydrogen-bond donors (Lipinski definition) is 2. The molecule has 6 nitrogen and oxygen atoms in total. The van der Waals surface area contributed by atoms with Crippen LogP contribution in [0.2, 0.25) is 0 Å². The Kier molecular flexibility index (Phi) is 9.30. The normalized spacial score (nSPS) is 11.0. The number of nitrogens with one attached hydrogen (secondary N) is 2. The van der Waals surface area contributed by atoms with Gasteiger partial charge in [0.05, 0.1) is 26.8 Å². The van der Waals surface area contributed by atoms with Crippen molar-refractivity contribution in [2.75, 3.05) is 27.4 Å². The third-order valence-electron chi connectivity index (χ3n) is 3.90. The van der Waals surface area contributed by atoms with Gasteiger partial charge in [-0.1, -0.05) is 12.1 Å². The molecule has 0 aliphatic carbocycles. The van der Waals surface area contributed by atoms with E-state index in [1.807, 2.05) is 56.3 Å². The zero-order valence-electron chi connectivity index (χ0n) is 16.1. The summed E-state index contributed by atoms with van der Waals surface area (Å²) in [5, 5.41) is 5.68. The van der Waals surface area contributed by atoms with Gasteiger partial charge in [0.1, 0.15) is 23.9 Å². The van der Waals surface area contributed by atoms with Gasteiger partial charge >= 0.3 is 6.03 Å². The first-order valence-electron chi connectivity index (χ1n) is 8.49. The van der Waals surface area contributed by atoms with Crippen LogP contribution in [-0.2, 0) is 0 Å². The fourth-order valence-corrected chi connectivity index (χ4v) is 2.54. The Bertz CT molecular complexity index is 740. The number of hydrogen-bond acceptors (Lipinski definition) is 4. The van der Waals surface area contributed by atoms with Crippen LogP contribution in [-0.4, -0.2) is 33.4 Å². The van der Waals surface area contributed by atoms with Crippen molar-refractivity contribution in [3.8, 4) is 17.2 Å². The van der Waals surface area contributed by atoms with Gasteiger partial charge in [-0.3, -0.25) is 0 Å². The fourth-order valence-electron chi connectivity index (χ4n) is 2.54. The van der Waals surface area contributed by atoms with Crippen LogP contribution in [0, 0.1) is 6.92 Å². The zero-order chi connectivity index (χ0) is 18.9. The first kappa shape index (κ1) is 22.4. The topological polar surface area (TPSA) is 68.8 Å². The second-order valence-electron chi connectivity index (χ2n) is 5.89. The maximum atomic E-state index is 12.1. The smallest absolute Gasteiger partial charge is 0.315 e. The molecule has 2 N–H and O–H groups in total. The van der Waals surface area contributed by atoms with Crippen LogP contribution < -0.4 is 24.8 Å². The Morgan fingerprint density at radius 1 is 1.07 bits per heavy atom. The molecule has 2 aromatic rings. The van der Waals surface area contributed by atoms with E-state index >= 15 is 0 Å². The minimum absolute atomic E-state index is 0. The molecule has 0 aliphatic heterocycles. The minimum atomic E-state index is -0.268. The molecule has 0 saturated carbocycles. The average molecular weight is 395 g/mol. The molecule has 0 heterocycles. The van der Waals surface area contributed by atoms with E-state index in [4.69, 9.17) is 14.2 Å². The number of halogens is 1. The lowest BCUT2D eigenvalue weighted by Crippen LogP contribution is -2.39. The standard InChI is InChI=1S/C20H26N2O4.ClH/c1-14-6-5-7-17(12-14)26-11-10-21-20(23)22-15(2)18-13-16(24-3)8-9-19(18)25-4;/h5-9,12-13,15H,10-11H2,1-4H3,(H2,21,22,23);1H. The Morgan fingerprint density at radius 2 is 1.85 bits per heavy atom. The summed E-state index contributed by atoms with van der Waals surface area (Å²) < 4.78 is 16.2. The monoisotopic (exact) mass is 394 g/mol. The molecule has 2 amide bonds. The van der Waals surface area contributed by atoms with Crippen molar-refractivity contribution in [3.05, 3.63) is 53.6 Å². The maximum Gasteiger partial charge on any atom is 0.315 e. The average Bonchev–Trinajstić information content (AvgIpc) is 2.64. The molecule has 1 unspecified atom stereocenters. The van der Waals surface area contributed by atoms with Crippen molar-refractivity contribution in [2.24, 2.45) is 0 Å². The van der Waals surface area contributed by atoms with Gasteiger partial charge in [0, 0.05) is 5.56 Å². The summed E-state index contributed by atoms with van der Waals surface area (Å²) in [5.74, 6) is 2.20. The first-order valence-corrected chi connectivity index (χ1v) is 8.49. The van der Waals surface area contributed by atoms with Crippen LogP contribution in [0.25, 0.3) is 0 Å². The fraction of sp³-hybridized carbons (Fsp3) is 0.350. The van der Waals surface area contributed by atoms with Crippen molar-refractivity contribution in [2.45, 2.75) is 19.9 Å². The molecule has 1 atom stereocenters. The Balaban J connectivity index is 0.00000364. The highest BCUT2D eigenvalue weighted by molar-refractivity contribution is 5.85. The molecule has 2 rings (SSSR count). The van der Waals surface area contributed by atoms with Gasteiger partial charge in [0.2, 0.25) is 0 Å². The second-order valence-corrected chi connectivity index (χ2v) is 5.89. The van der Waals surface area contributed by atoms with E-state index in [-0.39, 0.29) is 24.5 Å². The zero-order valence-corrected chi connectivity index (χ0v) is 16.9. The van der Waals surface area contributed by atoms with Crippen molar-refractivity contribution >= 4 is 18.4 Å². The summed E-state index contributed by atoms with van der Waals surface area (Å²) in [5.41, 5.74) is 1.98. The Labute approximate surface area is 166 Å². The SMILES string of the molecule is COc1ccc(OC)c(C(C)NC(=O)NCCOc2cccc(C)c2)c1.Cl. The molecular weight excluding hydrogens is 368 g/mol. The van der Waals surface area contributed by atoms with Crippen molar-refractivity contribution in [1.82, 2.24) is 10.6 Å². The number of urea groups is 1. The lowest BCUT2D eigenvalue weighted by Gasteiger charge is -2.18. The van der Waals surface area contributed by atoms with Crippen LogP contribution in [0.4, 0.5) is 4.79 Å². The highest BCUT2D eigenvalue weighted by Gasteiger charge is 2.15. The molecule has 2 aromatic carbocycles. The number of benzene rings is 2. The molecule has 7 heteroatoms. The summed E-state index contributed by atoms with van der Waals surface area (Å²) in [6.07, 6.45) is 0. The lowest BCUT2D eigenvalue weighted by atomic mass is 10.1. The molecule has 148 valence electrons. The predicted molar refractivity (Wildman–Crippen MR) is 108 cm³/mol. The van der Waals surface area contributed by atoms with Crippen LogP contribution in [0.15, 0.2) is 42.5 Å². The number of carbonyl (C=O) groups excluding carboxylic acids is 1. The predicted octanol–water partition coefficient (Wildman–Crippen LogP) is 3.87. The number of aryl methyl sites for hydroxylation is 1. The van der Waals surface area contributed by atoms with Gasteiger partial charge in [-0.2, -0.15) is 0 Å². The molecule has 27 heavy (non-hydrogen) atoms. The molecule has 0 spiro atoms. The lowest BCUT2D eigenvalue weighted by molar-refractivity contribution is 0.233. The molecule has 0 bridgehead atoms. The van der Waals surface area contributed by atoms with Crippen LogP contribution in [0.5, 0.6) is 17.2 Å². The number of rotatable bonds is 8. The largest absolute Gasteiger partial charge is 0.497 e. The first-order chi connectivity index (χ1) is 12.5. The van der Waals surface area contributed by atoms with E-state index < -0.39 is 0 Å². The van der Waals surface area contributed by atoms with Crippen molar-refractivity contribution in [3.63, 3.8) is 0 Å². The highest BCUT2D eigenvalue weighted by Crippen LogP contribution is 2.29. The van der Waals surface area contributed by atoms with Gasteiger partial charge in [-0.05, 0) is 49.7 Å². The third-order valence-corrected chi connectivity index (χ3v) is 3.90. The number of methoxy groups -OCH3 is 2. The number of carbonyl (C=O) groups is 1.